The van der Waals surface area contributed by atoms with Crippen molar-refractivity contribution in [3.8, 4) is 0 Å². The summed E-state index contributed by atoms with van der Waals surface area (Å²) in [5.41, 5.74) is 0.587. The third-order valence-corrected chi connectivity index (χ3v) is 1.92. The Hall–Kier alpha value is -1.15. The maximum absolute atomic E-state index is 11.5. The first-order chi connectivity index (χ1) is 6.25. The van der Waals surface area contributed by atoms with Crippen LogP contribution < -0.4 is 0 Å². The van der Waals surface area contributed by atoms with Crippen LogP contribution in [0.1, 0.15) is 30.1 Å². The molecule has 0 heterocycles. The average Bonchev–Trinajstić information content (AvgIpc) is 2.18. The highest BCUT2D eigenvalue weighted by Crippen LogP contribution is 2.07. The molecule has 2 nitrogen and oxygen atoms in total. The van der Waals surface area contributed by atoms with E-state index in [1.807, 2.05) is 13.0 Å². The molecule has 1 aromatic carbocycles. The molecule has 0 aromatic heterocycles. The normalized spacial score (nSPS) is 12.5. The molecule has 0 fully saturated rings. The van der Waals surface area contributed by atoms with E-state index in [1.165, 1.54) is 0 Å². The highest BCUT2D eigenvalue weighted by Gasteiger charge is 2.14. The molecular formula is C11H14O2. The van der Waals surface area contributed by atoms with Gasteiger partial charge in [0.2, 0.25) is 0 Å². The Morgan fingerprint density at radius 1 is 1.38 bits per heavy atom. The van der Waals surface area contributed by atoms with Crippen molar-refractivity contribution in [2.75, 3.05) is 0 Å². The van der Waals surface area contributed by atoms with Crippen molar-refractivity contribution in [2.24, 2.45) is 0 Å². The number of aliphatic hydroxyl groups excluding tert-OH is 1. The minimum atomic E-state index is -0.840. The minimum Gasteiger partial charge on any atom is -0.385 e. The molecule has 0 radical (unpaired) electrons. The molecule has 0 aliphatic heterocycles. The zero-order chi connectivity index (χ0) is 9.68. The van der Waals surface area contributed by atoms with Crippen LogP contribution in [0, 0.1) is 0 Å². The smallest absolute Gasteiger partial charge is 0.191 e. The SMILES string of the molecule is CCCC(O)C(=O)c1ccccc1. The Morgan fingerprint density at radius 3 is 2.54 bits per heavy atom. The Kier molecular flexibility index (Phi) is 3.65. The molecule has 2 heteroatoms. The van der Waals surface area contributed by atoms with Gasteiger partial charge in [0.1, 0.15) is 6.10 Å². The summed E-state index contributed by atoms with van der Waals surface area (Å²) < 4.78 is 0. The lowest BCUT2D eigenvalue weighted by Gasteiger charge is -2.07. The Morgan fingerprint density at radius 2 is 2.00 bits per heavy atom. The summed E-state index contributed by atoms with van der Waals surface area (Å²) in [7, 11) is 0. The second-order valence-corrected chi connectivity index (χ2v) is 3.03. The first kappa shape index (κ1) is 9.93. The summed E-state index contributed by atoms with van der Waals surface area (Å²) >= 11 is 0. The van der Waals surface area contributed by atoms with Crippen LogP contribution in [-0.2, 0) is 0 Å². The molecule has 0 amide bonds. The maximum Gasteiger partial charge on any atom is 0.191 e. The molecule has 13 heavy (non-hydrogen) atoms. The van der Waals surface area contributed by atoms with E-state index in [4.69, 9.17) is 0 Å². The molecule has 0 aliphatic carbocycles. The Balaban J connectivity index is 2.68. The van der Waals surface area contributed by atoms with Crippen molar-refractivity contribution >= 4 is 5.78 Å². The summed E-state index contributed by atoms with van der Waals surface area (Å²) in [4.78, 5) is 11.5. The summed E-state index contributed by atoms with van der Waals surface area (Å²) in [5.74, 6) is -0.178. The van der Waals surface area contributed by atoms with Crippen LogP contribution in [0.3, 0.4) is 0 Å². The number of hydrogen-bond acceptors (Lipinski definition) is 2. The fraction of sp³-hybridized carbons (Fsp3) is 0.364. The van der Waals surface area contributed by atoms with Crippen molar-refractivity contribution < 1.29 is 9.90 Å². The van der Waals surface area contributed by atoms with Crippen molar-refractivity contribution in [3.05, 3.63) is 35.9 Å². The van der Waals surface area contributed by atoms with E-state index < -0.39 is 6.10 Å². The van der Waals surface area contributed by atoms with Gasteiger partial charge in [-0.2, -0.15) is 0 Å². The van der Waals surface area contributed by atoms with E-state index in [9.17, 15) is 9.90 Å². The summed E-state index contributed by atoms with van der Waals surface area (Å²) in [6.45, 7) is 1.95. The minimum absolute atomic E-state index is 0.178. The average molecular weight is 178 g/mol. The van der Waals surface area contributed by atoms with Crippen molar-refractivity contribution in [1.82, 2.24) is 0 Å². The molecule has 70 valence electrons. The summed E-state index contributed by atoms with van der Waals surface area (Å²) in [5, 5.41) is 9.42. The summed E-state index contributed by atoms with van der Waals surface area (Å²) in [6, 6.07) is 8.89. The Bertz CT molecular complexity index is 267. The van der Waals surface area contributed by atoms with Gasteiger partial charge in [-0.05, 0) is 6.42 Å². The van der Waals surface area contributed by atoms with Gasteiger partial charge in [-0.3, -0.25) is 4.79 Å². The second-order valence-electron chi connectivity index (χ2n) is 3.03. The van der Waals surface area contributed by atoms with E-state index in [0.717, 1.165) is 6.42 Å². The molecular weight excluding hydrogens is 164 g/mol. The predicted octanol–water partition coefficient (Wildman–Crippen LogP) is 2.03. The van der Waals surface area contributed by atoms with E-state index in [0.29, 0.717) is 12.0 Å². The number of aliphatic hydroxyl groups is 1. The first-order valence-electron chi connectivity index (χ1n) is 4.53. The topological polar surface area (TPSA) is 37.3 Å². The van der Waals surface area contributed by atoms with Gasteiger partial charge in [0.25, 0.3) is 0 Å². The Labute approximate surface area is 78.2 Å². The van der Waals surface area contributed by atoms with Crippen LogP contribution in [0.15, 0.2) is 30.3 Å². The van der Waals surface area contributed by atoms with Crippen LogP contribution >= 0.6 is 0 Å². The van der Waals surface area contributed by atoms with Gasteiger partial charge in [-0.15, -0.1) is 0 Å². The fourth-order valence-electron chi connectivity index (χ4n) is 1.20. The quantitative estimate of drug-likeness (QED) is 0.716. The van der Waals surface area contributed by atoms with Gasteiger partial charge in [-0.25, -0.2) is 0 Å². The van der Waals surface area contributed by atoms with E-state index in [2.05, 4.69) is 0 Å². The van der Waals surface area contributed by atoms with Crippen LogP contribution in [-0.4, -0.2) is 17.0 Å². The van der Waals surface area contributed by atoms with Crippen LogP contribution in [0.5, 0.6) is 0 Å². The van der Waals surface area contributed by atoms with Gasteiger partial charge < -0.3 is 5.11 Å². The lowest BCUT2D eigenvalue weighted by molar-refractivity contribution is 0.0729. The molecule has 1 N–H and O–H groups in total. The highest BCUT2D eigenvalue weighted by atomic mass is 16.3. The molecule has 1 aromatic rings. The second kappa shape index (κ2) is 4.77. The van der Waals surface area contributed by atoms with Gasteiger partial charge in [0.05, 0.1) is 0 Å². The van der Waals surface area contributed by atoms with Gasteiger partial charge in [0, 0.05) is 5.56 Å². The lowest BCUT2D eigenvalue weighted by atomic mass is 10.0. The third-order valence-electron chi connectivity index (χ3n) is 1.92. The number of benzene rings is 1. The van der Waals surface area contributed by atoms with E-state index >= 15 is 0 Å². The number of carbonyl (C=O) groups is 1. The zero-order valence-electron chi connectivity index (χ0n) is 7.73. The molecule has 1 rings (SSSR count). The van der Waals surface area contributed by atoms with E-state index in [-0.39, 0.29) is 5.78 Å². The molecule has 0 aliphatic rings. The molecule has 0 spiro atoms. The van der Waals surface area contributed by atoms with Crippen molar-refractivity contribution in [3.63, 3.8) is 0 Å². The van der Waals surface area contributed by atoms with Crippen LogP contribution in [0.4, 0.5) is 0 Å². The standard InChI is InChI=1S/C11H14O2/c1-2-6-10(12)11(13)9-7-4-3-5-8-9/h3-5,7-8,10,12H,2,6H2,1H3. The van der Waals surface area contributed by atoms with Crippen molar-refractivity contribution in [2.45, 2.75) is 25.9 Å². The van der Waals surface area contributed by atoms with Crippen LogP contribution in [0.2, 0.25) is 0 Å². The highest BCUT2D eigenvalue weighted by molar-refractivity contribution is 5.99. The number of Topliss-reactive ketones (excluding diaryl/α,β-unsaturated/α-hetero) is 1. The first-order valence-corrected chi connectivity index (χ1v) is 4.53. The number of carbonyl (C=O) groups excluding carboxylic acids is 1. The number of ketones is 1. The molecule has 0 saturated heterocycles. The van der Waals surface area contributed by atoms with Gasteiger partial charge in [-0.1, -0.05) is 43.7 Å². The number of hydrogen-bond donors (Lipinski definition) is 1. The number of rotatable bonds is 4. The van der Waals surface area contributed by atoms with E-state index in [1.54, 1.807) is 24.3 Å². The third kappa shape index (κ3) is 2.67. The van der Waals surface area contributed by atoms with Gasteiger partial charge in [0.15, 0.2) is 5.78 Å². The summed E-state index contributed by atoms with van der Waals surface area (Å²) in [6.07, 6.45) is 0.514. The zero-order valence-corrected chi connectivity index (χ0v) is 7.73. The molecule has 0 bridgehead atoms. The predicted molar refractivity (Wildman–Crippen MR) is 51.7 cm³/mol. The van der Waals surface area contributed by atoms with Gasteiger partial charge >= 0.3 is 0 Å². The molecule has 1 atom stereocenters. The molecule has 1 unspecified atom stereocenters. The van der Waals surface area contributed by atoms with Crippen LogP contribution in [0.25, 0.3) is 0 Å². The van der Waals surface area contributed by atoms with Crippen molar-refractivity contribution in [1.29, 1.82) is 0 Å². The fourth-order valence-corrected chi connectivity index (χ4v) is 1.20. The maximum atomic E-state index is 11.5. The lowest BCUT2D eigenvalue weighted by Crippen LogP contribution is -2.19. The monoisotopic (exact) mass is 178 g/mol. The molecule has 0 saturated carbocycles. The largest absolute Gasteiger partial charge is 0.385 e.